The van der Waals surface area contributed by atoms with Crippen molar-refractivity contribution in [3.63, 3.8) is 0 Å². The van der Waals surface area contributed by atoms with E-state index in [4.69, 9.17) is 34.8 Å². The molecule has 0 aliphatic heterocycles. The van der Waals surface area contributed by atoms with Crippen molar-refractivity contribution >= 4 is 57.5 Å². The summed E-state index contributed by atoms with van der Waals surface area (Å²) in [5.74, 6) is -1.13. The molecule has 2 rings (SSSR count). The van der Waals surface area contributed by atoms with E-state index in [1.807, 2.05) is 0 Å². The molecule has 0 bridgehead atoms. The van der Waals surface area contributed by atoms with E-state index in [-0.39, 0.29) is 20.6 Å². The van der Waals surface area contributed by atoms with Gasteiger partial charge in [-0.1, -0.05) is 46.9 Å². The Morgan fingerprint density at radius 3 is 2.42 bits per heavy atom. The third-order valence-corrected chi connectivity index (χ3v) is 5.49. The van der Waals surface area contributed by atoms with E-state index in [1.165, 1.54) is 12.1 Å². The van der Waals surface area contributed by atoms with Crippen LogP contribution in [-0.4, -0.2) is 29.4 Å². The third kappa shape index (κ3) is 5.69. The van der Waals surface area contributed by atoms with Crippen LogP contribution in [-0.2, 0) is 11.2 Å². The highest BCUT2D eigenvalue weighted by Gasteiger charge is 2.36. The lowest BCUT2D eigenvalue weighted by Crippen LogP contribution is -2.23. The molecule has 1 unspecified atom stereocenters. The van der Waals surface area contributed by atoms with E-state index in [2.05, 4.69) is 10.3 Å². The first kappa shape index (κ1) is 21.2. The van der Waals surface area contributed by atoms with Gasteiger partial charge in [0.1, 0.15) is 5.84 Å². The number of hydrogen-bond donors (Lipinski definition) is 1. The number of benzene rings is 2. The number of nitrogens with one attached hydrogen (secondary N) is 1. The molecule has 140 valence electrons. The Hall–Kier alpha value is -1.12. The zero-order valence-electron chi connectivity index (χ0n) is 13.2. The summed E-state index contributed by atoms with van der Waals surface area (Å²) in [5, 5.41) is 3.34. The number of amidine groups is 1. The Bertz CT molecular complexity index is 831. The van der Waals surface area contributed by atoms with E-state index in [1.54, 1.807) is 31.3 Å². The first-order valence-corrected chi connectivity index (χ1v) is 9.52. The zero-order chi connectivity index (χ0) is 19.5. The largest absolute Gasteiger partial charge is 0.611 e. The van der Waals surface area contributed by atoms with Crippen LogP contribution in [0.15, 0.2) is 46.3 Å². The summed E-state index contributed by atoms with van der Waals surface area (Å²) in [6, 6.07) is 9.21. The lowest BCUT2D eigenvalue weighted by atomic mass is 10.2. The molecule has 0 aliphatic rings. The van der Waals surface area contributed by atoms with Crippen molar-refractivity contribution in [1.29, 1.82) is 0 Å². The molecule has 0 aromatic heterocycles. The number of hydrogen-bond acceptors (Lipinski definition) is 2. The van der Waals surface area contributed by atoms with E-state index >= 15 is 0 Å². The second-order valence-corrected chi connectivity index (χ2v) is 7.73. The van der Waals surface area contributed by atoms with Crippen LogP contribution in [0.1, 0.15) is 5.56 Å². The lowest BCUT2D eigenvalue weighted by Gasteiger charge is -2.15. The van der Waals surface area contributed by atoms with Crippen LogP contribution >= 0.6 is 34.8 Å². The average Bonchev–Trinajstić information content (AvgIpc) is 2.52. The standard InChI is InChI=1S/C16H12Cl3F3N2OS/c1-23-15(9-3-2-4-10(17)5-9)24-13-7-14(12(19)6-11(13)18)26(25)8-16(20,21)22/h2-7H,8H2,1H3,(H,23,24). The fourth-order valence-electron chi connectivity index (χ4n) is 2.03. The molecule has 1 atom stereocenters. The number of nitrogens with zero attached hydrogens (tertiary/aromatic N) is 1. The molecule has 2 aromatic carbocycles. The minimum Gasteiger partial charge on any atom is -0.611 e. The molecular formula is C16H12Cl3F3N2OS. The molecule has 0 spiro atoms. The van der Waals surface area contributed by atoms with Crippen molar-refractivity contribution in [3.8, 4) is 0 Å². The van der Waals surface area contributed by atoms with Crippen molar-refractivity contribution in [1.82, 2.24) is 5.32 Å². The average molecular weight is 444 g/mol. The summed E-state index contributed by atoms with van der Waals surface area (Å²) in [5.41, 5.74) is 0.773. The van der Waals surface area contributed by atoms with E-state index in [0.717, 1.165) is 0 Å². The van der Waals surface area contributed by atoms with Crippen LogP contribution in [0.5, 0.6) is 0 Å². The topological polar surface area (TPSA) is 47.5 Å². The van der Waals surface area contributed by atoms with Gasteiger partial charge in [0.2, 0.25) is 5.75 Å². The van der Waals surface area contributed by atoms with Crippen LogP contribution < -0.4 is 5.32 Å². The maximum Gasteiger partial charge on any atom is 0.433 e. The van der Waals surface area contributed by atoms with Crippen molar-refractivity contribution < 1.29 is 17.7 Å². The number of aliphatic imine (C=N–C) groups is 1. The summed E-state index contributed by atoms with van der Waals surface area (Å²) in [6.45, 7) is 0. The summed E-state index contributed by atoms with van der Waals surface area (Å²) >= 11 is 15.6. The lowest BCUT2D eigenvalue weighted by molar-refractivity contribution is -0.106. The number of alkyl halides is 3. The molecular weight excluding hydrogens is 432 g/mol. The highest BCUT2D eigenvalue weighted by Crippen LogP contribution is 2.36. The minimum absolute atomic E-state index is 0.109. The smallest absolute Gasteiger partial charge is 0.433 e. The summed E-state index contributed by atoms with van der Waals surface area (Å²) in [4.78, 5) is 4.12. The van der Waals surface area contributed by atoms with Gasteiger partial charge in [-0.05, 0) is 29.4 Å². The van der Waals surface area contributed by atoms with E-state index in [0.29, 0.717) is 16.4 Å². The van der Waals surface area contributed by atoms with Crippen LogP contribution in [0.3, 0.4) is 0 Å². The first-order valence-electron chi connectivity index (χ1n) is 7.07. The van der Waals surface area contributed by atoms with Gasteiger partial charge in [0, 0.05) is 23.7 Å². The van der Waals surface area contributed by atoms with Crippen molar-refractivity contribution in [2.24, 2.45) is 4.99 Å². The fraction of sp³-hybridized carbons (Fsp3) is 0.188. The molecule has 10 heteroatoms. The van der Waals surface area contributed by atoms with Gasteiger partial charge in [-0.2, -0.15) is 13.2 Å². The minimum atomic E-state index is -4.59. The number of halogens is 6. The maximum absolute atomic E-state index is 12.5. The SMILES string of the molecule is CN/C(=N\c1cc([S+]([O-])CC(F)(F)F)c(Cl)cc1Cl)c1cccc(Cl)c1. The van der Waals surface area contributed by atoms with Crippen LogP contribution in [0.4, 0.5) is 18.9 Å². The van der Waals surface area contributed by atoms with Gasteiger partial charge in [-0.25, -0.2) is 4.99 Å². The monoisotopic (exact) mass is 442 g/mol. The molecule has 3 nitrogen and oxygen atoms in total. The molecule has 1 N–H and O–H groups in total. The molecule has 26 heavy (non-hydrogen) atoms. The van der Waals surface area contributed by atoms with Gasteiger partial charge in [0.05, 0.1) is 15.7 Å². The van der Waals surface area contributed by atoms with Crippen LogP contribution in [0.2, 0.25) is 15.1 Å². The Morgan fingerprint density at radius 1 is 1.15 bits per heavy atom. The van der Waals surface area contributed by atoms with Gasteiger partial charge >= 0.3 is 6.18 Å². The summed E-state index contributed by atoms with van der Waals surface area (Å²) in [6.07, 6.45) is -4.59. The maximum atomic E-state index is 12.5. The van der Waals surface area contributed by atoms with Crippen molar-refractivity contribution in [3.05, 3.63) is 57.0 Å². The van der Waals surface area contributed by atoms with Crippen molar-refractivity contribution in [2.45, 2.75) is 11.1 Å². The van der Waals surface area contributed by atoms with E-state index < -0.39 is 23.1 Å². The van der Waals surface area contributed by atoms with Gasteiger partial charge < -0.3 is 9.87 Å². The normalized spacial score (nSPS) is 13.6. The Labute approximate surface area is 166 Å². The zero-order valence-corrected chi connectivity index (χ0v) is 16.3. The first-order chi connectivity index (χ1) is 12.1. The molecule has 0 heterocycles. The quantitative estimate of drug-likeness (QED) is 0.379. The third-order valence-electron chi connectivity index (χ3n) is 3.11. The molecule has 0 saturated carbocycles. The Morgan fingerprint density at radius 2 is 1.85 bits per heavy atom. The predicted octanol–water partition coefficient (Wildman–Crippen LogP) is 5.61. The Balaban J connectivity index is 2.47. The van der Waals surface area contributed by atoms with Crippen LogP contribution in [0.25, 0.3) is 0 Å². The van der Waals surface area contributed by atoms with Crippen molar-refractivity contribution in [2.75, 3.05) is 12.8 Å². The second-order valence-electron chi connectivity index (χ2n) is 5.06. The van der Waals surface area contributed by atoms with E-state index in [9.17, 15) is 17.7 Å². The molecule has 0 amide bonds. The Kier molecular flexibility index (Phi) is 7.10. The molecule has 2 aromatic rings. The highest BCUT2D eigenvalue weighted by atomic mass is 35.5. The molecule has 0 fully saturated rings. The molecule has 0 saturated heterocycles. The molecule has 0 aliphatic carbocycles. The summed E-state index contributed by atoms with van der Waals surface area (Å²) in [7, 11) is 1.62. The number of rotatable bonds is 4. The van der Waals surface area contributed by atoms with Gasteiger partial charge in [-0.15, -0.1) is 0 Å². The summed E-state index contributed by atoms with van der Waals surface area (Å²) < 4.78 is 49.5. The second kappa shape index (κ2) is 8.71. The van der Waals surface area contributed by atoms with Crippen LogP contribution in [0, 0.1) is 0 Å². The van der Waals surface area contributed by atoms with Gasteiger partial charge in [0.25, 0.3) is 0 Å². The van der Waals surface area contributed by atoms with Gasteiger partial charge in [0.15, 0.2) is 4.90 Å². The predicted molar refractivity (Wildman–Crippen MR) is 101 cm³/mol. The molecule has 0 radical (unpaired) electrons. The van der Waals surface area contributed by atoms with Gasteiger partial charge in [-0.3, -0.25) is 0 Å². The highest BCUT2D eigenvalue weighted by molar-refractivity contribution is 7.91. The fourth-order valence-corrected chi connectivity index (χ4v) is 3.87.